The van der Waals surface area contributed by atoms with E-state index in [2.05, 4.69) is 4.90 Å². The van der Waals surface area contributed by atoms with E-state index in [9.17, 15) is 14.5 Å². The Morgan fingerprint density at radius 3 is 2.68 bits per heavy atom. The molecule has 0 aliphatic heterocycles. The minimum Gasteiger partial charge on any atom is -0.380 e. The zero-order valence-electron chi connectivity index (χ0n) is 11.3. The van der Waals surface area contributed by atoms with Crippen LogP contribution >= 0.6 is 0 Å². The van der Waals surface area contributed by atoms with Crippen molar-refractivity contribution in [1.82, 2.24) is 4.90 Å². The van der Waals surface area contributed by atoms with Crippen LogP contribution in [0.3, 0.4) is 0 Å². The Morgan fingerprint density at radius 2 is 2.16 bits per heavy atom. The summed E-state index contributed by atoms with van der Waals surface area (Å²) in [6.45, 7) is 7.35. The van der Waals surface area contributed by atoms with Crippen molar-refractivity contribution in [3.05, 3.63) is 39.7 Å². The molecule has 0 aliphatic rings. The van der Waals surface area contributed by atoms with Crippen LogP contribution in [0.15, 0.2) is 18.2 Å². The number of likely N-dealkylation sites (N-methyl/N-ethyl adjacent to an activating group) is 1. The summed E-state index contributed by atoms with van der Waals surface area (Å²) in [7, 11) is 0. The average molecular weight is 270 g/mol. The van der Waals surface area contributed by atoms with Crippen molar-refractivity contribution in [2.24, 2.45) is 0 Å². The summed E-state index contributed by atoms with van der Waals surface area (Å²) in [5, 5.41) is 10.5. The first kappa shape index (κ1) is 15.5. The van der Waals surface area contributed by atoms with E-state index in [-0.39, 0.29) is 0 Å². The number of ether oxygens (including phenoxy) is 1. The summed E-state index contributed by atoms with van der Waals surface area (Å²) in [5.41, 5.74) is 0.238. The molecule has 1 rings (SSSR count). The molecule has 0 atom stereocenters. The van der Waals surface area contributed by atoms with Gasteiger partial charge in [0.05, 0.1) is 11.5 Å². The van der Waals surface area contributed by atoms with Crippen LogP contribution in [0.25, 0.3) is 0 Å². The van der Waals surface area contributed by atoms with E-state index in [4.69, 9.17) is 4.74 Å². The maximum absolute atomic E-state index is 13.5. The van der Waals surface area contributed by atoms with Gasteiger partial charge in [0.2, 0.25) is 5.82 Å². The monoisotopic (exact) mass is 270 g/mol. The molecular formula is C13H19FN2O3. The molecule has 5 nitrogen and oxygen atoms in total. The van der Waals surface area contributed by atoms with Gasteiger partial charge in [-0.15, -0.1) is 0 Å². The van der Waals surface area contributed by atoms with E-state index in [0.717, 1.165) is 18.7 Å². The molecule has 0 amide bonds. The quantitative estimate of drug-likeness (QED) is 0.414. The van der Waals surface area contributed by atoms with Gasteiger partial charge >= 0.3 is 5.69 Å². The van der Waals surface area contributed by atoms with Gasteiger partial charge in [0.1, 0.15) is 0 Å². The fourth-order valence-corrected chi connectivity index (χ4v) is 1.74. The molecule has 1 aromatic rings. The molecule has 0 N–H and O–H groups in total. The zero-order chi connectivity index (χ0) is 14.3. The molecule has 0 radical (unpaired) electrons. The highest BCUT2D eigenvalue weighted by molar-refractivity contribution is 5.34. The molecule has 0 bridgehead atoms. The third-order valence-corrected chi connectivity index (χ3v) is 2.82. The number of hydrogen-bond acceptors (Lipinski definition) is 4. The Kier molecular flexibility index (Phi) is 6.38. The van der Waals surface area contributed by atoms with Crippen LogP contribution in [0.2, 0.25) is 0 Å². The summed E-state index contributed by atoms with van der Waals surface area (Å²) >= 11 is 0. The topological polar surface area (TPSA) is 55.6 Å². The largest absolute Gasteiger partial charge is 0.380 e. The van der Waals surface area contributed by atoms with Crippen molar-refractivity contribution in [1.29, 1.82) is 0 Å². The highest BCUT2D eigenvalue weighted by Gasteiger charge is 2.14. The van der Waals surface area contributed by atoms with Crippen molar-refractivity contribution in [2.45, 2.75) is 20.4 Å². The van der Waals surface area contributed by atoms with E-state index >= 15 is 0 Å². The van der Waals surface area contributed by atoms with E-state index in [1.165, 1.54) is 12.1 Å². The SMILES string of the molecule is CCOCCN(CC)Cc1ccc([N+](=O)[O-])c(F)c1. The highest BCUT2D eigenvalue weighted by atomic mass is 19.1. The van der Waals surface area contributed by atoms with Crippen molar-refractivity contribution >= 4 is 5.69 Å². The lowest BCUT2D eigenvalue weighted by Crippen LogP contribution is -2.27. The minimum absolute atomic E-state index is 0.485. The standard InChI is InChI=1S/C13H19FN2O3/c1-3-15(7-8-19-4-2)10-11-5-6-13(16(17)18)12(14)9-11/h5-6,9H,3-4,7-8,10H2,1-2H3. The number of hydrogen-bond donors (Lipinski definition) is 0. The molecule has 0 aliphatic carbocycles. The van der Waals surface area contributed by atoms with Crippen LogP contribution in [0.5, 0.6) is 0 Å². The molecule has 0 unspecified atom stereocenters. The van der Waals surface area contributed by atoms with Gasteiger partial charge in [-0.2, -0.15) is 4.39 Å². The van der Waals surface area contributed by atoms with Crippen LogP contribution in [-0.2, 0) is 11.3 Å². The summed E-state index contributed by atoms with van der Waals surface area (Å²) in [6, 6.07) is 4.02. The second-order valence-electron chi connectivity index (χ2n) is 4.11. The van der Waals surface area contributed by atoms with Gasteiger partial charge in [0.25, 0.3) is 0 Å². The molecule has 0 saturated carbocycles. The predicted octanol–water partition coefficient (Wildman–Crippen LogP) is 2.59. The smallest absolute Gasteiger partial charge is 0.304 e. The molecule has 0 heterocycles. The Labute approximate surface area is 112 Å². The number of nitro benzene ring substituents is 1. The van der Waals surface area contributed by atoms with Crippen LogP contribution in [0.1, 0.15) is 19.4 Å². The number of benzene rings is 1. The highest BCUT2D eigenvalue weighted by Crippen LogP contribution is 2.18. The van der Waals surface area contributed by atoms with Crippen molar-refractivity contribution in [3.63, 3.8) is 0 Å². The predicted molar refractivity (Wildman–Crippen MR) is 70.5 cm³/mol. The lowest BCUT2D eigenvalue weighted by Gasteiger charge is -2.20. The molecule has 0 aromatic heterocycles. The van der Waals surface area contributed by atoms with Crippen LogP contribution in [0, 0.1) is 15.9 Å². The third kappa shape index (κ3) is 4.92. The normalized spacial score (nSPS) is 10.9. The van der Waals surface area contributed by atoms with Gasteiger partial charge in [-0.3, -0.25) is 15.0 Å². The molecule has 0 saturated heterocycles. The summed E-state index contributed by atoms with van der Waals surface area (Å²) in [5.74, 6) is -0.789. The second kappa shape index (κ2) is 7.81. The Hall–Kier alpha value is -1.53. The Balaban J connectivity index is 2.64. The van der Waals surface area contributed by atoms with E-state index in [1.807, 2.05) is 13.8 Å². The molecule has 0 spiro atoms. The third-order valence-electron chi connectivity index (χ3n) is 2.82. The van der Waals surface area contributed by atoms with Gasteiger partial charge in [-0.1, -0.05) is 13.0 Å². The molecule has 106 valence electrons. The fraction of sp³-hybridized carbons (Fsp3) is 0.538. The summed E-state index contributed by atoms with van der Waals surface area (Å²) in [4.78, 5) is 11.9. The first-order valence-electron chi connectivity index (χ1n) is 6.31. The minimum atomic E-state index is -0.789. The molecule has 1 aromatic carbocycles. The fourth-order valence-electron chi connectivity index (χ4n) is 1.74. The Bertz CT molecular complexity index is 426. The van der Waals surface area contributed by atoms with Crippen LogP contribution in [0.4, 0.5) is 10.1 Å². The molecule has 19 heavy (non-hydrogen) atoms. The van der Waals surface area contributed by atoms with Crippen LogP contribution < -0.4 is 0 Å². The van der Waals surface area contributed by atoms with Gasteiger partial charge in [0.15, 0.2) is 0 Å². The molecule has 0 fully saturated rings. The first-order chi connectivity index (χ1) is 9.08. The maximum atomic E-state index is 13.5. The number of nitrogens with zero attached hydrogens (tertiary/aromatic N) is 2. The summed E-state index contributed by atoms with van der Waals surface area (Å²) < 4.78 is 18.7. The number of halogens is 1. The van der Waals surface area contributed by atoms with Crippen LogP contribution in [-0.4, -0.2) is 36.1 Å². The second-order valence-corrected chi connectivity index (χ2v) is 4.11. The Morgan fingerprint density at radius 1 is 1.42 bits per heavy atom. The van der Waals surface area contributed by atoms with E-state index in [1.54, 1.807) is 6.07 Å². The van der Waals surface area contributed by atoms with Crippen molar-refractivity contribution in [2.75, 3.05) is 26.3 Å². The van der Waals surface area contributed by atoms with Gasteiger partial charge < -0.3 is 4.74 Å². The van der Waals surface area contributed by atoms with E-state index < -0.39 is 16.4 Å². The maximum Gasteiger partial charge on any atom is 0.304 e. The molecular weight excluding hydrogens is 251 g/mol. The van der Waals surface area contributed by atoms with Gasteiger partial charge in [-0.25, -0.2) is 0 Å². The zero-order valence-corrected chi connectivity index (χ0v) is 11.3. The lowest BCUT2D eigenvalue weighted by atomic mass is 10.2. The lowest BCUT2D eigenvalue weighted by molar-refractivity contribution is -0.387. The van der Waals surface area contributed by atoms with Gasteiger partial charge in [-0.05, 0) is 25.1 Å². The van der Waals surface area contributed by atoms with Crippen molar-refractivity contribution in [3.8, 4) is 0 Å². The first-order valence-corrected chi connectivity index (χ1v) is 6.31. The molecule has 6 heteroatoms. The van der Waals surface area contributed by atoms with Crippen molar-refractivity contribution < 1.29 is 14.1 Å². The van der Waals surface area contributed by atoms with E-state index in [0.29, 0.717) is 19.8 Å². The number of nitro groups is 1. The summed E-state index contributed by atoms with van der Waals surface area (Å²) in [6.07, 6.45) is 0. The van der Waals surface area contributed by atoms with Gasteiger partial charge in [0, 0.05) is 25.8 Å². The average Bonchev–Trinajstić information content (AvgIpc) is 2.37. The number of rotatable bonds is 8.